The average Bonchev–Trinajstić information content (AvgIpc) is 2.71. The van der Waals surface area contributed by atoms with E-state index in [-0.39, 0.29) is 11.7 Å². The molecule has 2 N–H and O–H groups in total. The Hall–Kier alpha value is -2.24. The van der Waals surface area contributed by atoms with E-state index in [1.165, 1.54) is 6.07 Å². The normalized spacial score (nSPS) is 23.5. The Morgan fingerprint density at radius 2 is 1.82 bits per heavy atom. The molecule has 1 saturated heterocycles. The lowest BCUT2D eigenvalue weighted by molar-refractivity contribution is -0.187. The minimum Gasteiger partial charge on any atom is -0.392 e. The van der Waals surface area contributed by atoms with Crippen molar-refractivity contribution in [1.29, 1.82) is 0 Å². The fraction of sp³-hybridized carbons (Fsp3) is 0.435. The van der Waals surface area contributed by atoms with Gasteiger partial charge in [0, 0.05) is 30.5 Å². The number of halogens is 1. The first-order valence-corrected chi connectivity index (χ1v) is 9.89. The lowest BCUT2D eigenvalue weighted by atomic mass is 9.58. The highest BCUT2D eigenvalue weighted by molar-refractivity contribution is 5.95. The zero-order valence-corrected chi connectivity index (χ0v) is 16.1. The molecule has 2 aliphatic rings. The third-order valence-corrected chi connectivity index (χ3v) is 6.63. The van der Waals surface area contributed by atoms with Crippen LogP contribution in [0.2, 0.25) is 0 Å². The third kappa shape index (κ3) is 3.23. The van der Waals surface area contributed by atoms with Gasteiger partial charge in [0.25, 0.3) is 5.91 Å². The van der Waals surface area contributed by atoms with E-state index in [4.69, 9.17) is 0 Å². The number of aryl methyl sites for hydroxylation is 1. The first-order chi connectivity index (χ1) is 13.4. The van der Waals surface area contributed by atoms with Crippen LogP contribution in [0.3, 0.4) is 0 Å². The molecule has 28 heavy (non-hydrogen) atoms. The second-order valence-electron chi connectivity index (χ2n) is 8.21. The Kier molecular flexibility index (Phi) is 4.98. The van der Waals surface area contributed by atoms with Gasteiger partial charge in [0.05, 0.1) is 12.2 Å². The number of benzene rings is 2. The van der Waals surface area contributed by atoms with Gasteiger partial charge in [-0.2, -0.15) is 0 Å². The van der Waals surface area contributed by atoms with Crippen LogP contribution in [0, 0.1) is 18.2 Å². The van der Waals surface area contributed by atoms with E-state index >= 15 is 0 Å². The summed E-state index contributed by atoms with van der Waals surface area (Å²) in [4.78, 5) is 14.9. The Bertz CT molecular complexity index is 879. The second kappa shape index (κ2) is 7.30. The molecule has 1 aliphatic carbocycles. The first kappa shape index (κ1) is 19.1. The van der Waals surface area contributed by atoms with Crippen molar-refractivity contribution in [2.24, 2.45) is 5.41 Å². The van der Waals surface area contributed by atoms with Crippen molar-refractivity contribution in [2.75, 3.05) is 13.1 Å². The molecule has 1 saturated carbocycles. The molecular weight excluding hydrogens is 357 g/mol. The molecule has 1 amide bonds. The summed E-state index contributed by atoms with van der Waals surface area (Å²) < 4.78 is 13.9. The number of rotatable bonds is 3. The molecule has 1 spiro atoms. The molecule has 2 atom stereocenters. The zero-order chi connectivity index (χ0) is 19.9. The van der Waals surface area contributed by atoms with Crippen molar-refractivity contribution in [3.63, 3.8) is 0 Å². The molecular formula is C23H26FNO3. The Labute approximate surface area is 164 Å². The number of aliphatic hydroxyl groups is 2. The lowest BCUT2D eigenvalue weighted by Crippen LogP contribution is -2.61. The van der Waals surface area contributed by atoms with Gasteiger partial charge < -0.3 is 15.1 Å². The summed E-state index contributed by atoms with van der Waals surface area (Å²) >= 11 is 0. The van der Waals surface area contributed by atoms with Crippen LogP contribution in [-0.2, 0) is 6.42 Å². The molecule has 0 radical (unpaired) electrons. The highest BCUT2D eigenvalue weighted by Crippen LogP contribution is 2.49. The van der Waals surface area contributed by atoms with E-state index in [9.17, 15) is 19.4 Å². The quantitative estimate of drug-likeness (QED) is 0.856. The number of piperidine rings is 1. The number of carbonyl (C=O) groups excluding carboxylic acids is 1. The molecule has 2 aromatic rings. The summed E-state index contributed by atoms with van der Waals surface area (Å²) in [6.07, 6.45) is 1.23. The maximum absolute atomic E-state index is 13.9. The monoisotopic (exact) mass is 383 g/mol. The van der Waals surface area contributed by atoms with Gasteiger partial charge in [-0.05, 0) is 55.0 Å². The fourth-order valence-corrected chi connectivity index (χ4v) is 4.55. The number of nitrogens with zero attached hydrogens (tertiary/aromatic N) is 1. The van der Waals surface area contributed by atoms with E-state index < -0.39 is 17.6 Å². The summed E-state index contributed by atoms with van der Waals surface area (Å²) in [6, 6.07) is 12.6. The van der Waals surface area contributed by atoms with E-state index in [2.05, 4.69) is 0 Å². The van der Waals surface area contributed by atoms with E-state index in [0.29, 0.717) is 49.9 Å². The molecule has 5 heteroatoms. The molecule has 2 aromatic carbocycles. The molecule has 2 fully saturated rings. The van der Waals surface area contributed by atoms with Gasteiger partial charge in [-0.1, -0.05) is 30.3 Å². The summed E-state index contributed by atoms with van der Waals surface area (Å²) in [7, 11) is 0. The summed E-state index contributed by atoms with van der Waals surface area (Å²) in [5.74, 6) is -0.276. The second-order valence-corrected chi connectivity index (χ2v) is 8.21. The van der Waals surface area contributed by atoms with E-state index in [1.54, 1.807) is 17.9 Å². The minimum absolute atomic E-state index is 0.0404. The Balaban J connectivity index is 1.50. The molecule has 4 nitrogen and oxygen atoms in total. The molecule has 0 unspecified atom stereocenters. The predicted octanol–water partition coefficient (Wildman–Crippen LogP) is 3.07. The van der Waals surface area contributed by atoms with Crippen LogP contribution in [-0.4, -0.2) is 46.3 Å². The summed E-state index contributed by atoms with van der Waals surface area (Å²) in [5, 5.41) is 20.2. The maximum Gasteiger partial charge on any atom is 0.254 e. The largest absolute Gasteiger partial charge is 0.392 e. The number of carbonyl (C=O) groups is 1. The fourth-order valence-electron chi connectivity index (χ4n) is 4.55. The van der Waals surface area contributed by atoms with Crippen molar-refractivity contribution in [3.8, 4) is 0 Å². The average molecular weight is 383 g/mol. The van der Waals surface area contributed by atoms with Crippen LogP contribution in [0.4, 0.5) is 4.39 Å². The van der Waals surface area contributed by atoms with Crippen LogP contribution < -0.4 is 0 Å². The molecule has 0 bridgehead atoms. The topological polar surface area (TPSA) is 60.8 Å². The smallest absolute Gasteiger partial charge is 0.254 e. The number of amides is 1. The highest BCUT2D eigenvalue weighted by atomic mass is 19.1. The molecule has 148 valence electrons. The number of aliphatic hydroxyl groups excluding tert-OH is 2. The predicted molar refractivity (Wildman–Crippen MR) is 105 cm³/mol. The standard InChI is InChI=1S/C23H26FNO3/c1-15-6-7-16(13-19(15)24)12-17-4-2-3-5-18(17)22(28)25-10-8-23(9-11-25)20(26)14-21(23)27/h2-7,13,20-21,26-27H,8-12,14H2,1H3/t20-,21+. The zero-order valence-electron chi connectivity index (χ0n) is 16.1. The highest BCUT2D eigenvalue weighted by Gasteiger charge is 2.55. The van der Waals surface area contributed by atoms with Crippen LogP contribution in [0.25, 0.3) is 0 Å². The van der Waals surface area contributed by atoms with Crippen molar-refractivity contribution in [2.45, 2.75) is 44.8 Å². The number of hydrogen-bond donors (Lipinski definition) is 2. The molecule has 1 aliphatic heterocycles. The number of likely N-dealkylation sites (tertiary alicyclic amines) is 1. The van der Waals surface area contributed by atoms with Gasteiger partial charge in [-0.3, -0.25) is 4.79 Å². The SMILES string of the molecule is Cc1ccc(Cc2ccccc2C(=O)N2CCC3(CC2)[C@H](O)C[C@@H]3O)cc1F. The van der Waals surface area contributed by atoms with Crippen LogP contribution in [0.1, 0.15) is 46.3 Å². The van der Waals surface area contributed by atoms with Gasteiger partial charge in [-0.25, -0.2) is 4.39 Å². The minimum atomic E-state index is -0.469. The van der Waals surface area contributed by atoms with Gasteiger partial charge >= 0.3 is 0 Å². The molecule has 0 aromatic heterocycles. The third-order valence-electron chi connectivity index (χ3n) is 6.63. The van der Waals surface area contributed by atoms with Gasteiger partial charge in [0.2, 0.25) is 0 Å². The van der Waals surface area contributed by atoms with Crippen molar-refractivity contribution in [1.82, 2.24) is 4.90 Å². The number of hydrogen-bond acceptors (Lipinski definition) is 3. The first-order valence-electron chi connectivity index (χ1n) is 9.89. The van der Waals surface area contributed by atoms with E-state index in [1.807, 2.05) is 30.3 Å². The molecule has 1 heterocycles. The Morgan fingerprint density at radius 3 is 2.46 bits per heavy atom. The van der Waals surface area contributed by atoms with Gasteiger partial charge in [-0.15, -0.1) is 0 Å². The lowest BCUT2D eigenvalue weighted by Gasteiger charge is -2.55. The summed E-state index contributed by atoms with van der Waals surface area (Å²) in [6.45, 7) is 2.79. The molecule has 4 rings (SSSR count). The summed E-state index contributed by atoms with van der Waals surface area (Å²) in [5.41, 5.74) is 2.52. The van der Waals surface area contributed by atoms with Crippen molar-refractivity contribution in [3.05, 3.63) is 70.5 Å². The van der Waals surface area contributed by atoms with Gasteiger partial charge in [0.15, 0.2) is 0 Å². The van der Waals surface area contributed by atoms with Crippen LogP contribution in [0.5, 0.6) is 0 Å². The van der Waals surface area contributed by atoms with Crippen molar-refractivity contribution >= 4 is 5.91 Å². The van der Waals surface area contributed by atoms with Crippen LogP contribution in [0.15, 0.2) is 42.5 Å². The van der Waals surface area contributed by atoms with E-state index in [0.717, 1.165) is 11.1 Å². The Morgan fingerprint density at radius 1 is 1.14 bits per heavy atom. The van der Waals surface area contributed by atoms with Crippen molar-refractivity contribution < 1.29 is 19.4 Å². The van der Waals surface area contributed by atoms with Gasteiger partial charge in [0.1, 0.15) is 5.82 Å². The maximum atomic E-state index is 13.9. The van der Waals surface area contributed by atoms with Crippen LogP contribution >= 0.6 is 0 Å².